The minimum Gasteiger partial charge on any atom is -0.321 e. The number of rotatable bonds is 3. The third-order valence-corrected chi connectivity index (χ3v) is 5.16. The summed E-state index contributed by atoms with van der Waals surface area (Å²) in [5.74, 6) is -0.297. The molecule has 5 nitrogen and oxygen atoms in total. The molecular formula is C18H18ClIN2O3. The van der Waals surface area contributed by atoms with E-state index in [1.165, 1.54) is 18.2 Å². The van der Waals surface area contributed by atoms with E-state index in [0.29, 0.717) is 11.3 Å². The number of aryl methyl sites for hydroxylation is 1. The number of hydrogen-bond acceptors (Lipinski definition) is 3. The van der Waals surface area contributed by atoms with Crippen LogP contribution < -0.4 is 5.32 Å². The van der Waals surface area contributed by atoms with Crippen LogP contribution in [-0.4, -0.2) is 10.8 Å². The number of nitrogens with zero attached hydrogens (tertiary/aromatic N) is 1. The molecule has 0 saturated heterocycles. The molecular weight excluding hydrogens is 455 g/mol. The molecule has 0 spiro atoms. The first-order chi connectivity index (χ1) is 11.5. The zero-order valence-corrected chi connectivity index (χ0v) is 17.2. The molecule has 1 N–H and O–H groups in total. The first-order valence-electron chi connectivity index (χ1n) is 7.56. The molecule has 0 unspecified atom stereocenters. The quantitative estimate of drug-likeness (QED) is 0.353. The summed E-state index contributed by atoms with van der Waals surface area (Å²) >= 11 is 8.24. The normalized spacial score (nSPS) is 11.3. The van der Waals surface area contributed by atoms with Crippen LogP contribution >= 0.6 is 34.2 Å². The van der Waals surface area contributed by atoms with E-state index < -0.39 is 4.92 Å². The summed E-state index contributed by atoms with van der Waals surface area (Å²) in [5, 5.41) is 13.6. The average Bonchev–Trinajstić information content (AvgIpc) is 2.49. The van der Waals surface area contributed by atoms with Crippen LogP contribution in [0.1, 0.15) is 42.3 Å². The topological polar surface area (TPSA) is 72.2 Å². The van der Waals surface area contributed by atoms with Crippen molar-refractivity contribution in [3.05, 3.63) is 65.7 Å². The lowest BCUT2D eigenvalue weighted by molar-refractivity contribution is -0.384. The SMILES string of the molecule is Cc1cc(C(=O)Nc2ccc([N+](=O)[O-])cc2Cl)c(I)c(C(C)(C)C)c1. The first-order valence-corrected chi connectivity index (χ1v) is 9.02. The molecule has 7 heteroatoms. The van der Waals surface area contributed by atoms with Gasteiger partial charge >= 0.3 is 0 Å². The van der Waals surface area contributed by atoms with Gasteiger partial charge in [0.15, 0.2) is 0 Å². The second-order valence-electron chi connectivity index (χ2n) is 6.80. The van der Waals surface area contributed by atoms with E-state index in [4.69, 9.17) is 11.6 Å². The Kier molecular flexibility index (Phi) is 5.73. The first kappa shape index (κ1) is 19.7. The maximum Gasteiger partial charge on any atom is 0.271 e. The summed E-state index contributed by atoms with van der Waals surface area (Å²) in [6.45, 7) is 8.23. The van der Waals surface area contributed by atoms with E-state index in [1.807, 2.05) is 13.0 Å². The fourth-order valence-corrected chi connectivity index (χ4v) is 3.98. The zero-order valence-electron chi connectivity index (χ0n) is 14.3. The number of carbonyl (C=O) groups excluding carboxylic acids is 1. The molecule has 0 aliphatic carbocycles. The molecule has 0 aromatic heterocycles. The Hall–Kier alpha value is -1.67. The van der Waals surface area contributed by atoms with Gasteiger partial charge in [-0.3, -0.25) is 14.9 Å². The fourth-order valence-electron chi connectivity index (χ4n) is 2.39. The van der Waals surface area contributed by atoms with Crippen molar-refractivity contribution in [2.45, 2.75) is 33.1 Å². The number of nitro benzene ring substituents is 1. The smallest absolute Gasteiger partial charge is 0.271 e. The Morgan fingerprint density at radius 2 is 1.88 bits per heavy atom. The van der Waals surface area contributed by atoms with Crippen molar-refractivity contribution in [1.82, 2.24) is 0 Å². The Morgan fingerprint density at radius 1 is 1.24 bits per heavy atom. The zero-order chi connectivity index (χ0) is 18.9. The van der Waals surface area contributed by atoms with Gasteiger partial charge in [0.25, 0.3) is 11.6 Å². The maximum atomic E-state index is 12.7. The summed E-state index contributed by atoms with van der Waals surface area (Å²) in [6, 6.07) is 7.87. The predicted octanol–water partition coefficient (Wildman–Crippen LogP) is 5.71. The Bertz CT molecular complexity index is 860. The number of benzene rings is 2. The van der Waals surface area contributed by atoms with Gasteiger partial charge in [0, 0.05) is 15.7 Å². The number of non-ortho nitro benzene ring substituents is 1. The lowest BCUT2D eigenvalue weighted by atomic mass is 9.85. The molecule has 0 radical (unpaired) electrons. The highest BCUT2D eigenvalue weighted by Gasteiger charge is 2.23. The molecule has 1 amide bonds. The monoisotopic (exact) mass is 472 g/mol. The van der Waals surface area contributed by atoms with Crippen LogP contribution in [0.2, 0.25) is 5.02 Å². The van der Waals surface area contributed by atoms with Crippen LogP contribution in [0.5, 0.6) is 0 Å². The minimum absolute atomic E-state index is 0.0947. The summed E-state index contributed by atoms with van der Waals surface area (Å²) in [5.41, 5.74) is 2.76. The van der Waals surface area contributed by atoms with Gasteiger partial charge in [-0.15, -0.1) is 0 Å². The predicted molar refractivity (Wildman–Crippen MR) is 109 cm³/mol. The highest BCUT2D eigenvalue weighted by Crippen LogP contribution is 2.32. The standard InChI is InChI=1S/C18H18ClIN2O3/c1-10-7-12(16(20)13(8-10)18(2,3)4)17(23)21-15-6-5-11(22(24)25)9-14(15)19/h5-9H,1-4H3,(H,21,23). The Morgan fingerprint density at radius 3 is 2.40 bits per heavy atom. The third kappa shape index (κ3) is 4.49. The number of hydrogen-bond donors (Lipinski definition) is 1. The van der Waals surface area contributed by atoms with Gasteiger partial charge < -0.3 is 5.32 Å². The molecule has 0 aliphatic heterocycles. The van der Waals surface area contributed by atoms with Crippen molar-refractivity contribution in [3.63, 3.8) is 0 Å². The van der Waals surface area contributed by atoms with Crippen LogP contribution in [0.3, 0.4) is 0 Å². The highest BCUT2D eigenvalue weighted by molar-refractivity contribution is 14.1. The van der Waals surface area contributed by atoms with Crippen LogP contribution in [0, 0.1) is 20.6 Å². The summed E-state index contributed by atoms with van der Waals surface area (Å²) in [7, 11) is 0. The van der Waals surface area contributed by atoms with Gasteiger partial charge in [-0.05, 0) is 58.2 Å². The van der Waals surface area contributed by atoms with Crippen molar-refractivity contribution in [3.8, 4) is 0 Å². The number of halogens is 2. The van der Waals surface area contributed by atoms with Crippen LogP contribution in [0.15, 0.2) is 30.3 Å². The average molecular weight is 473 g/mol. The van der Waals surface area contributed by atoms with Crippen molar-refractivity contribution >= 4 is 51.5 Å². The maximum absolute atomic E-state index is 12.7. The van der Waals surface area contributed by atoms with Gasteiger partial charge in [0.05, 0.1) is 21.2 Å². The number of amides is 1. The van der Waals surface area contributed by atoms with Crippen molar-refractivity contribution in [2.24, 2.45) is 0 Å². The molecule has 2 aromatic rings. The number of nitrogens with one attached hydrogen (secondary N) is 1. The van der Waals surface area contributed by atoms with Crippen LogP contribution in [0.4, 0.5) is 11.4 Å². The van der Waals surface area contributed by atoms with Crippen molar-refractivity contribution < 1.29 is 9.72 Å². The van der Waals surface area contributed by atoms with Gasteiger partial charge in [-0.2, -0.15) is 0 Å². The van der Waals surface area contributed by atoms with E-state index in [1.54, 1.807) is 0 Å². The van der Waals surface area contributed by atoms with Crippen molar-refractivity contribution in [1.29, 1.82) is 0 Å². The molecule has 0 heterocycles. The number of carbonyl (C=O) groups is 1. The van der Waals surface area contributed by atoms with Gasteiger partial charge in [-0.1, -0.05) is 38.4 Å². The van der Waals surface area contributed by atoms with E-state index in [2.05, 4.69) is 54.7 Å². The summed E-state index contributed by atoms with van der Waals surface area (Å²) < 4.78 is 0.881. The second-order valence-corrected chi connectivity index (χ2v) is 8.29. The van der Waals surface area contributed by atoms with Crippen LogP contribution in [-0.2, 0) is 5.41 Å². The minimum atomic E-state index is -0.531. The lowest BCUT2D eigenvalue weighted by Crippen LogP contribution is -2.19. The second kappa shape index (κ2) is 7.29. The number of nitro groups is 1. The molecule has 0 fully saturated rings. The van der Waals surface area contributed by atoms with Gasteiger partial charge in [-0.25, -0.2) is 0 Å². The molecule has 2 rings (SSSR count). The third-order valence-electron chi connectivity index (χ3n) is 3.68. The van der Waals surface area contributed by atoms with Crippen molar-refractivity contribution in [2.75, 3.05) is 5.32 Å². The largest absolute Gasteiger partial charge is 0.321 e. The summed E-state index contributed by atoms with van der Waals surface area (Å²) in [6.07, 6.45) is 0. The van der Waals surface area contributed by atoms with E-state index >= 15 is 0 Å². The molecule has 0 atom stereocenters. The fraction of sp³-hybridized carbons (Fsp3) is 0.278. The van der Waals surface area contributed by atoms with E-state index in [-0.39, 0.29) is 22.0 Å². The van der Waals surface area contributed by atoms with E-state index in [0.717, 1.165) is 14.7 Å². The lowest BCUT2D eigenvalue weighted by Gasteiger charge is -2.23. The Balaban J connectivity index is 2.39. The number of anilines is 1. The molecule has 0 bridgehead atoms. The van der Waals surface area contributed by atoms with Gasteiger partial charge in [0.2, 0.25) is 0 Å². The van der Waals surface area contributed by atoms with Crippen LogP contribution in [0.25, 0.3) is 0 Å². The molecule has 132 valence electrons. The molecule has 25 heavy (non-hydrogen) atoms. The summed E-state index contributed by atoms with van der Waals surface area (Å²) in [4.78, 5) is 23.0. The Labute approximate surface area is 165 Å². The van der Waals surface area contributed by atoms with E-state index in [9.17, 15) is 14.9 Å². The molecule has 0 aliphatic rings. The molecule has 0 saturated carbocycles. The molecule has 2 aromatic carbocycles. The highest BCUT2D eigenvalue weighted by atomic mass is 127. The van der Waals surface area contributed by atoms with Gasteiger partial charge in [0.1, 0.15) is 0 Å².